The molecule has 2 saturated heterocycles. The number of rotatable bonds is 7. The Bertz CT molecular complexity index is 919. The van der Waals surface area contributed by atoms with Crippen LogP contribution >= 0.6 is 0 Å². The molecule has 4 rings (SSSR count). The number of amides is 2. The highest BCUT2D eigenvalue weighted by molar-refractivity contribution is 5.93. The van der Waals surface area contributed by atoms with Crippen LogP contribution in [0.15, 0.2) is 36.5 Å². The fraction of sp³-hybridized carbons (Fsp3) is 0.560. The molecule has 0 bridgehead atoms. The molecule has 0 radical (unpaired) electrons. The number of likely N-dealkylation sites (tertiary alicyclic amines) is 2. The number of anilines is 1. The van der Waals surface area contributed by atoms with Gasteiger partial charge in [-0.25, -0.2) is 0 Å². The van der Waals surface area contributed by atoms with Crippen LogP contribution in [0.2, 0.25) is 0 Å². The molecule has 172 valence electrons. The van der Waals surface area contributed by atoms with E-state index in [-0.39, 0.29) is 17.7 Å². The second-order valence-electron chi connectivity index (χ2n) is 9.06. The number of carbonyl (C=O) groups excluding carboxylic acids is 2. The summed E-state index contributed by atoms with van der Waals surface area (Å²) in [5.41, 5.74) is 2.58. The summed E-state index contributed by atoms with van der Waals surface area (Å²) < 4.78 is 1.77. The molecule has 2 aliphatic heterocycles. The number of aryl methyl sites for hydroxylation is 1. The molecule has 2 aromatic rings. The lowest BCUT2D eigenvalue weighted by Crippen LogP contribution is -2.41. The number of nitrogens with zero attached hydrogens (tertiary/aromatic N) is 4. The van der Waals surface area contributed by atoms with Gasteiger partial charge in [0.1, 0.15) is 5.69 Å². The Hall–Kier alpha value is -2.67. The lowest BCUT2D eigenvalue weighted by atomic mass is 9.94. The van der Waals surface area contributed by atoms with Crippen molar-refractivity contribution in [2.75, 3.05) is 31.5 Å². The minimum atomic E-state index is -0.0332. The molecule has 32 heavy (non-hydrogen) atoms. The fourth-order valence-electron chi connectivity index (χ4n) is 4.83. The van der Waals surface area contributed by atoms with Crippen molar-refractivity contribution in [3.05, 3.63) is 47.8 Å². The van der Waals surface area contributed by atoms with Crippen LogP contribution in [-0.4, -0.2) is 57.6 Å². The van der Waals surface area contributed by atoms with Crippen molar-refractivity contribution in [2.45, 2.75) is 58.5 Å². The number of nitrogens with one attached hydrogen (secondary N) is 1. The molecule has 1 aromatic carbocycles. The molecule has 2 aliphatic rings. The average Bonchev–Trinajstić information content (AvgIpc) is 3.30. The Labute approximate surface area is 190 Å². The van der Waals surface area contributed by atoms with Gasteiger partial charge in [0.05, 0.1) is 0 Å². The predicted molar refractivity (Wildman–Crippen MR) is 125 cm³/mol. The van der Waals surface area contributed by atoms with E-state index in [0.717, 1.165) is 51.3 Å². The zero-order chi connectivity index (χ0) is 22.3. The number of benzene rings is 1. The minimum absolute atomic E-state index is 0.0330. The van der Waals surface area contributed by atoms with Gasteiger partial charge in [-0.2, -0.15) is 5.10 Å². The molecular formula is C25H35N5O2. The third-order valence-corrected chi connectivity index (χ3v) is 6.60. The molecule has 1 atom stereocenters. The van der Waals surface area contributed by atoms with Crippen LogP contribution in [0.4, 0.5) is 5.69 Å². The van der Waals surface area contributed by atoms with Gasteiger partial charge in [0, 0.05) is 44.5 Å². The maximum Gasteiger partial charge on any atom is 0.274 e. The monoisotopic (exact) mass is 437 g/mol. The van der Waals surface area contributed by atoms with Crippen LogP contribution in [0, 0.1) is 5.92 Å². The molecule has 0 spiro atoms. The number of hydrogen-bond acceptors (Lipinski definition) is 4. The molecule has 0 aliphatic carbocycles. The highest BCUT2D eigenvalue weighted by atomic mass is 16.2. The third kappa shape index (κ3) is 5.76. The van der Waals surface area contributed by atoms with Crippen molar-refractivity contribution in [3.63, 3.8) is 0 Å². The van der Waals surface area contributed by atoms with Crippen molar-refractivity contribution in [1.29, 1.82) is 0 Å². The van der Waals surface area contributed by atoms with Gasteiger partial charge in [-0.3, -0.25) is 19.2 Å². The molecule has 1 N–H and O–H groups in total. The van der Waals surface area contributed by atoms with Crippen LogP contribution in [0.1, 0.15) is 61.5 Å². The van der Waals surface area contributed by atoms with E-state index in [1.807, 2.05) is 36.2 Å². The summed E-state index contributed by atoms with van der Waals surface area (Å²) in [6.07, 6.45) is 7.99. The van der Waals surface area contributed by atoms with Crippen LogP contribution in [0.5, 0.6) is 0 Å². The Kier molecular flexibility index (Phi) is 7.58. The molecule has 2 amide bonds. The van der Waals surface area contributed by atoms with Gasteiger partial charge >= 0.3 is 0 Å². The molecule has 7 heteroatoms. The maximum atomic E-state index is 12.9. The first-order valence-electron chi connectivity index (χ1n) is 12.0. The van der Waals surface area contributed by atoms with Crippen LogP contribution < -0.4 is 5.32 Å². The summed E-state index contributed by atoms with van der Waals surface area (Å²) in [6, 6.07) is 9.91. The van der Waals surface area contributed by atoms with Gasteiger partial charge in [-0.1, -0.05) is 24.6 Å². The second kappa shape index (κ2) is 10.8. The smallest absolute Gasteiger partial charge is 0.274 e. The minimum Gasteiger partial charge on any atom is -0.337 e. The first-order chi connectivity index (χ1) is 15.6. The number of para-hydroxylation sites is 1. The molecule has 1 unspecified atom stereocenters. The molecule has 7 nitrogen and oxygen atoms in total. The lowest BCUT2D eigenvalue weighted by Gasteiger charge is -2.32. The Balaban J connectivity index is 1.32. The van der Waals surface area contributed by atoms with E-state index < -0.39 is 0 Å². The van der Waals surface area contributed by atoms with E-state index in [1.165, 1.54) is 24.8 Å². The fourth-order valence-corrected chi connectivity index (χ4v) is 4.83. The second-order valence-corrected chi connectivity index (χ2v) is 9.06. The van der Waals surface area contributed by atoms with E-state index in [4.69, 9.17) is 0 Å². The Morgan fingerprint density at radius 3 is 2.66 bits per heavy atom. The topological polar surface area (TPSA) is 70.5 Å². The largest absolute Gasteiger partial charge is 0.337 e. The van der Waals surface area contributed by atoms with Crippen LogP contribution in [-0.2, 0) is 17.9 Å². The van der Waals surface area contributed by atoms with Crippen molar-refractivity contribution < 1.29 is 9.59 Å². The van der Waals surface area contributed by atoms with Crippen molar-refractivity contribution in [3.8, 4) is 0 Å². The number of aromatic nitrogens is 2. The van der Waals surface area contributed by atoms with Crippen molar-refractivity contribution >= 4 is 17.5 Å². The zero-order valence-electron chi connectivity index (χ0n) is 19.1. The molecular weight excluding hydrogens is 402 g/mol. The molecule has 3 heterocycles. The number of piperidine rings is 2. The van der Waals surface area contributed by atoms with Crippen LogP contribution in [0.3, 0.4) is 0 Å². The van der Waals surface area contributed by atoms with Gasteiger partial charge in [-0.05, 0) is 69.3 Å². The summed E-state index contributed by atoms with van der Waals surface area (Å²) in [7, 11) is 0. The molecule has 2 fully saturated rings. The molecule has 1 aromatic heterocycles. The average molecular weight is 438 g/mol. The van der Waals surface area contributed by atoms with Crippen molar-refractivity contribution in [1.82, 2.24) is 19.6 Å². The van der Waals surface area contributed by atoms with E-state index in [0.29, 0.717) is 18.7 Å². The maximum absolute atomic E-state index is 12.9. The van der Waals surface area contributed by atoms with E-state index in [1.54, 1.807) is 10.7 Å². The van der Waals surface area contributed by atoms with E-state index in [2.05, 4.69) is 21.4 Å². The van der Waals surface area contributed by atoms with E-state index in [9.17, 15) is 9.59 Å². The van der Waals surface area contributed by atoms with Crippen LogP contribution in [0.25, 0.3) is 0 Å². The first-order valence-corrected chi connectivity index (χ1v) is 12.0. The summed E-state index contributed by atoms with van der Waals surface area (Å²) in [4.78, 5) is 30.0. The number of carbonyl (C=O) groups is 2. The molecule has 0 saturated carbocycles. The van der Waals surface area contributed by atoms with Gasteiger partial charge in [-0.15, -0.1) is 0 Å². The standard InChI is InChI=1S/C25H35N5O2/c1-2-30-16-12-23(27-30)25(32)29-15-8-9-20(18-29)17-24(31)26-22-11-5-4-10-21(22)19-28-13-6-3-7-14-28/h4-5,10-12,16,20H,2-3,6-9,13-15,17-19H2,1H3,(H,26,31). The zero-order valence-corrected chi connectivity index (χ0v) is 19.1. The summed E-state index contributed by atoms with van der Waals surface area (Å²) >= 11 is 0. The number of hydrogen-bond donors (Lipinski definition) is 1. The van der Waals surface area contributed by atoms with Gasteiger partial charge < -0.3 is 10.2 Å². The SMILES string of the molecule is CCn1ccc(C(=O)N2CCCC(CC(=O)Nc3ccccc3CN3CCCCC3)C2)n1. The predicted octanol–water partition coefficient (Wildman–Crippen LogP) is 3.77. The lowest BCUT2D eigenvalue weighted by molar-refractivity contribution is -0.117. The Morgan fingerprint density at radius 2 is 1.88 bits per heavy atom. The third-order valence-electron chi connectivity index (χ3n) is 6.60. The summed E-state index contributed by atoms with van der Waals surface area (Å²) in [5, 5.41) is 7.49. The van der Waals surface area contributed by atoms with Crippen molar-refractivity contribution in [2.24, 2.45) is 5.92 Å². The highest BCUT2D eigenvalue weighted by Crippen LogP contribution is 2.24. The summed E-state index contributed by atoms with van der Waals surface area (Å²) in [6.45, 7) is 7.23. The van der Waals surface area contributed by atoms with Gasteiger partial charge in [0.25, 0.3) is 5.91 Å². The normalized spacial score (nSPS) is 19.7. The van der Waals surface area contributed by atoms with E-state index >= 15 is 0 Å². The highest BCUT2D eigenvalue weighted by Gasteiger charge is 2.27. The van der Waals surface area contributed by atoms with Gasteiger partial charge in [0.2, 0.25) is 5.91 Å². The first kappa shape index (κ1) is 22.5. The Morgan fingerprint density at radius 1 is 1.06 bits per heavy atom. The van der Waals surface area contributed by atoms with Gasteiger partial charge in [0.15, 0.2) is 0 Å². The summed E-state index contributed by atoms with van der Waals surface area (Å²) in [5.74, 6) is 0.176. The quantitative estimate of drug-likeness (QED) is 0.716.